The standard InChI is InChI=1S/C16H15FN2O2/c17-13-5-7-15(8-6-13)21-11-14(20)10-19-16-4-2-1-3-12(16)9-18/h1-8,14,19-20H,10-11H2. The van der Waals surface area contributed by atoms with Crippen molar-refractivity contribution in [2.75, 3.05) is 18.5 Å². The summed E-state index contributed by atoms with van der Waals surface area (Å²) in [6.45, 7) is 0.327. The topological polar surface area (TPSA) is 65.3 Å². The Morgan fingerprint density at radius 2 is 1.90 bits per heavy atom. The summed E-state index contributed by atoms with van der Waals surface area (Å²) in [5.74, 6) is 0.158. The highest BCUT2D eigenvalue weighted by Crippen LogP contribution is 2.14. The third kappa shape index (κ3) is 4.48. The number of nitriles is 1. The molecule has 0 radical (unpaired) electrons. The van der Waals surface area contributed by atoms with E-state index in [1.54, 1.807) is 18.2 Å². The molecule has 21 heavy (non-hydrogen) atoms. The lowest BCUT2D eigenvalue weighted by atomic mass is 10.2. The maximum absolute atomic E-state index is 12.7. The van der Waals surface area contributed by atoms with Crippen LogP contribution in [-0.2, 0) is 0 Å². The first kappa shape index (κ1) is 14.8. The van der Waals surface area contributed by atoms with E-state index in [0.717, 1.165) is 0 Å². The fraction of sp³-hybridized carbons (Fsp3) is 0.188. The predicted molar refractivity (Wildman–Crippen MR) is 77.5 cm³/mol. The number of aliphatic hydroxyl groups is 1. The lowest BCUT2D eigenvalue weighted by Crippen LogP contribution is -2.26. The molecule has 2 aromatic rings. The molecule has 2 rings (SSSR count). The molecule has 4 nitrogen and oxygen atoms in total. The van der Waals surface area contributed by atoms with E-state index < -0.39 is 6.10 Å². The Hall–Kier alpha value is -2.58. The van der Waals surface area contributed by atoms with Gasteiger partial charge in [-0.15, -0.1) is 0 Å². The molecule has 0 spiro atoms. The van der Waals surface area contributed by atoms with Crippen molar-refractivity contribution in [3.63, 3.8) is 0 Å². The van der Waals surface area contributed by atoms with Gasteiger partial charge in [0.15, 0.2) is 0 Å². The molecule has 0 saturated heterocycles. The molecule has 1 atom stereocenters. The predicted octanol–water partition coefficient (Wildman–Crippen LogP) is 2.55. The Morgan fingerprint density at radius 3 is 2.62 bits per heavy atom. The number of benzene rings is 2. The van der Waals surface area contributed by atoms with E-state index in [0.29, 0.717) is 17.0 Å². The Balaban J connectivity index is 1.81. The Kier molecular flexibility index (Phi) is 5.13. The van der Waals surface area contributed by atoms with Gasteiger partial charge in [0, 0.05) is 6.54 Å². The number of rotatable bonds is 6. The van der Waals surface area contributed by atoms with Crippen molar-refractivity contribution in [2.24, 2.45) is 0 Å². The molecule has 0 aliphatic heterocycles. The second kappa shape index (κ2) is 7.27. The van der Waals surface area contributed by atoms with Crippen molar-refractivity contribution in [3.8, 4) is 11.8 Å². The molecule has 108 valence electrons. The van der Waals surface area contributed by atoms with Gasteiger partial charge in [-0.1, -0.05) is 12.1 Å². The first-order valence-electron chi connectivity index (χ1n) is 6.48. The van der Waals surface area contributed by atoms with Crippen LogP contribution in [-0.4, -0.2) is 24.4 Å². The van der Waals surface area contributed by atoms with Crippen LogP contribution < -0.4 is 10.1 Å². The molecular weight excluding hydrogens is 271 g/mol. The van der Waals surface area contributed by atoms with E-state index in [2.05, 4.69) is 11.4 Å². The molecule has 0 aromatic heterocycles. The summed E-state index contributed by atoms with van der Waals surface area (Å²) in [5.41, 5.74) is 1.19. The van der Waals surface area contributed by atoms with E-state index in [1.165, 1.54) is 24.3 Å². The number of aliphatic hydroxyl groups excluding tert-OH is 1. The van der Waals surface area contributed by atoms with Gasteiger partial charge < -0.3 is 15.2 Å². The Labute approximate surface area is 122 Å². The number of halogens is 1. The number of anilines is 1. The second-order valence-electron chi connectivity index (χ2n) is 4.46. The summed E-state index contributed by atoms with van der Waals surface area (Å²) in [6, 6.07) is 14.7. The highest BCUT2D eigenvalue weighted by Gasteiger charge is 2.07. The van der Waals surface area contributed by atoms with Crippen LogP contribution in [0.25, 0.3) is 0 Å². The fourth-order valence-corrected chi connectivity index (χ4v) is 1.74. The van der Waals surface area contributed by atoms with Crippen molar-refractivity contribution < 1.29 is 14.2 Å². The summed E-state index contributed by atoms with van der Waals surface area (Å²) in [6.07, 6.45) is -0.748. The Bertz CT molecular complexity index is 623. The van der Waals surface area contributed by atoms with Gasteiger partial charge in [-0.3, -0.25) is 0 Å². The number of hydrogen-bond acceptors (Lipinski definition) is 4. The summed E-state index contributed by atoms with van der Waals surface area (Å²) >= 11 is 0. The van der Waals surface area contributed by atoms with E-state index in [-0.39, 0.29) is 19.0 Å². The summed E-state index contributed by atoms with van der Waals surface area (Å²) < 4.78 is 18.1. The van der Waals surface area contributed by atoms with Crippen molar-refractivity contribution in [2.45, 2.75) is 6.10 Å². The monoisotopic (exact) mass is 286 g/mol. The molecular formula is C16H15FN2O2. The minimum Gasteiger partial charge on any atom is -0.491 e. The van der Waals surface area contributed by atoms with Gasteiger partial charge in [0.1, 0.15) is 30.3 Å². The zero-order chi connectivity index (χ0) is 15.1. The lowest BCUT2D eigenvalue weighted by Gasteiger charge is -2.14. The Morgan fingerprint density at radius 1 is 1.19 bits per heavy atom. The minimum atomic E-state index is -0.748. The van der Waals surface area contributed by atoms with Gasteiger partial charge >= 0.3 is 0 Å². The zero-order valence-corrected chi connectivity index (χ0v) is 11.3. The molecule has 0 saturated carbocycles. The number of para-hydroxylation sites is 1. The molecule has 0 fully saturated rings. The van der Waals surface area contributed by atoms with Crippen LogP contribution in [0, 0.1) is 17.1 Å². The summed E-state index contributed by atoms with van der Waals surface area (Å²) in [7, 11) is 0. The summed E-state index contributed by atoms with van der Waals surface area (Å²) in [5, 5.41) is 21.8. The number of hydrogen-bond donors (Lipinski definition) is 2. The van der Waals surface area contributed by atoms with Gasteiger partial charge in [0.2, 0.25) is 0 Å². The molecule has 0 heterocycles. The van der Waals surface area contributed by atoms with Crippen LogP contribution in [0.15, 0.2) is 48.5 Å². The van der Waals surface area contributed by atoms with E-state index in [1.807, 2.05) is 6.07 Å². The van der Waals surface area contributed by atoms with E-state index in [4.69, 9.17) is 10.00 Å². The number of nitrogens with one attached hydrogen (secondary N) is 1. The maximum Gasteiger partial charge on any atom is 0.123 e. The van der Waals surface area contributed by atoms with Crippen LogP contribution in [0.5, 0.6) is 5.75 Å². The first-order chi connectivity index (χ1) is 10.2. The van der Waals surface area contributed by atoms with Crippen LogP contribution in [0.3, 0.4) is 0 Å². The number of nitrogens with zero attached hydrogens (tertiary/aromatic N) is 1. The molecule has 0 aliphatic rings. The zero-order valence-electron chi connectivity index (χ0n) is 11.3. The molecule has 2 aromatic carbocycles. The minimum absolute atomic E-state index is 0.0767. The molecule has 1 unspecified atom stereocenters. The average Bonchev–Trinajstić information content (AvgIpc) is 2.52. The van der Waals surface area contributed by atoms with Crippen LogP contribution in [0.4, 0.5) is 10.1 Å². The van der Waals surface area contributed by atoms with Crippen molar-refractivity contribution in [1.82, 2.24) is 0 Å². The van der Waals surface area contributed by atoms with Crippen LogP contribution in [0.1, 0.15) is 5.56 Å². The number of ether oxygens (including phenoxy) is 1. The molecule has 0 bridgehead atoms. The van der Waals surface area contributed by atoms with Gasteiger partial charge in [-0.25, -0.2) is 4.39 Å². The second-order valence-corrected chi connectivity index (χ2v) is 4.46. The van der Waals surface area contributed by atoms with E-state index in [9.17, 15) is 9.50 Å². The molecule has 2 N–H and O–H groups in total. The smallest absolute Gasteiger partial charge is 0.123 e. The van der Waals surface area contributed by atoms with Gasteiger partial charge in [0.05, 0.1) is 11.3 Å². The highest BCUT2D eigenvalue weighted by atomic mass is 19.1. The van der Waals surface area contributed by atoms with Crippen molar-refractivity contribution in [1.29, 1.82) is 5.26 Å². The fourth-order valence-electron chi connectivity index (χ4n) is 1.74. The highest BCUT2D eigenvalue weighted by molar-refractivity contribution is 5.57. The van der Waals surface area contributed by atoms with E-state index >= 15 is 0 Å². The van der Waals surface area contributed by atoms with Gasteiger partial charge in [0.25, 0.3) is 0 Å². The quantitative estimate of drug-likeness (QED) is 0.856. The lowest BCUT2D eigenvalue weighted by molar-refractivity contribution is 0.117. The average molecular weight is 286 g/mol. The normalized spacial score (nSPS) is 11.5. The molecule has 5 heteroatoms. The first-order valence-corrected chi connectivity index (χ1v) is 6.48. The molecule has 0 aliphatic carbocycles. The van der Waals surface area contributed by atoms with Gasteiger partial charge in [-0.2, -0.15) is 5.26 Å². The third-order valence-electron chi connectivity index (χ3n) is 2.83. The van der Waals surface area contributed by atoms with Crippen LogP contribution in [0.2, 0.25) is 0 Å². The largest absolute Gasteiger partial charge is 0.491 e. The third-order valence-corrected chi connectivity index (χ3v) is 2.83. The SMILES string of the molecule is N#Cc1ccccc1NCC(O)COc1ccc(F)cc1. The van der Waals surface area contributed by atoms with Crippen molar-refractivity contribution >= 4 is 5.69 Å². The van der Waals surface area contributed by atoms with Crippen LogP contribution >= 0.6 is 0 Å². The van der Waals surface area contributed by atoms with Crippen molar-refractivity contribution in [3.05, 3.63) is 59.9 Å². The molecule has 0 amide bonds. The summed E-state index contributed by atoms with van der Waals surface area (Å²) in [4.78, 5) is 0. The van der Waals surface area contributed by atoms with Gasteiger partial charge in [-0.05, 0) is 36.4 Å². The maximum atomic E-state index is 12.7.